The van der Waals surface area contributed by atoms with Crippen molar-refractivity contribution in [1.82, 2.24) is 10.6 Å². The van der Waals surface area contributed by atoms with Crippen molar-refractivity contribution < 1.29 is 24.6 Å². The Labute approximate surface area is 184 Å². The van der Waals surface area contributed by atoms with Crippen LogP contribution in [0, 0.1) is 5.92 Å². The highest BCUT2D eigenvalue weighted by molar-refractivity contribution is 5.82. The van der Waals surface area contributed by atoms with Gasteiger partial charge >= 0.3 is 11.9 Å². The van der Waals surface area contributed by atoms with Crippen LogP contribution in [0.25, 0.3) is 0 Å². The maximum absolute atomic E-state index is 10.5. The standard InChI is InChI=1S/C16H26N2.C7H11NO5/c1-13(2)10-12-18-16-8-4-3-7-14(16)15-9-5-6-11-17-15;1-4(9)8-5(7(12)13)2-3-6(10)11/h3-4,7-8,13,15,17-18H,5-6,9-12H2,1-2H3;5H,2-3H2,1H3,(H,8,9)(H,10,11)(H,12,13)/t15-;5-/m00/s1. The van der Waals surface area contributed by atoms with Crippen molar-refractivity contribution in [2.45, 2.75) is 71.4 Å². The van der Waals surface area contributed by atoms with Crippen LogP contribution in [0.15, 0.2) is 24.3 Å². The Morgan fingerprint density at radius 1 is 1.13 bits per heavy atom. The van der Waals surface area contributed by atoms with Crippen molar-refractivity contribution in [2.24, 2.45) is 5.92 Å². The molecular formula is C23H37N3O5. The fourth-order valence-electron chi connectivity index (χ4n) is 3.35. The van der Waals surface area contributed by atoms with Crippen LogP contribution in [0.2, 0.25) is 0 Å². The number of nitrogens with one attached hydrogen (secondary N) is 3. The lowest BCUT2D eigenvalue weighted by Crippen LogP contribution is -2.39. The highest BCUT2D eigenvalue weighted by Crippen LogP contribution is 2.28. The number of benzene rings is 1. The molecule has 1 heterocycles. The zero-order chi connectivity index (χ0) is 23.2. The van der Waals surface area contributed by atoms with Crippen molar-refractivity contribution in [3.63, 3.8) is 0 Å². The Morgan fingerprint density at radius 3 is 2.39 bits per heavy atom. The van der Waals surface area contributed by atoms with Gasteiger partial charge in [0, 0.05) is 31.6 Å². The largest absolute Gasteiger partial charge is 0.481 e. The average molecular weight is 436 g/mol. The van der Waals surface area contributed by atoms with E-state index in [-0.39, 0.29) is 12.8 Å². The molecule has 1 aliphatic rings. The van der Waals surface area contributed by atoms with E-state index in [2.05, 4.69) is 54.1 Å². The molecule has 0 aromatic heterocycles. The van der Waals surface area contributed by atoms with E-state index in [4.69, 9.17) is 10.2 Å². The highest BCUT2D eigenvalue weighted by atomic mass is 16.4. The van der Waals surface area contributed by atoms with Gasteiger partial charge in [0.25, 0.3) is 0 Å². The molecule has 1 amide bonds. The first kappa shape index (κ1) is 26.4. The van der Waals surface area contributed by atoms with Gasteiger partial charge in [0.1, 0.15) is 6.04 Å². The third kappa shape index (κ3) is 11.4. The van der Waals surface area contributed by atoms with Gasteiger partial charge in [-0.3, -0.25) is 9.59 Å². The topological polar surface area (TPSA) is 128 Å². The third-order valence-corrected chi connectivity index (χ3v) is 5.01. The Kier molecular flexibility index (Phi) is 12.3. The van der Waals surface area contributed by atoms with Gasteiger partial charge in [0.2, 0.25) is 5.91 Å². The molecule has 0 radical (unpaired) electrons. The average Bonchev–Trinajstić information content (AvgIpc) is 2.72. The van der Waals surface area contributed by atoms with Gasteiger partial charge in [-0.1, -0.05) is 38.5 Å². The molecule has 1 aliphatic heterocycles. The number of piperidine rings is 1. The predicted octanol–water partition coefficient (Wildman–Crippen LogP) is 3.40. The van der Waals surface area contributed by atoms with Crippen LogP contribution < -0.4 is 16.0 Å². The van der Waals surface area contributed by atoms with Crippen LogP contribution in [-0.2, 0) is 14.4 Å². The van der Waals surface area contributed by atoms with Gasteiger partial charge in [-0.25, -0.2) is 4.79 Å². The molecule has 0 spiro atoms. The van der Waals surface area contributed by atoms with Gasteiger partial charge in [-0.15, -0.1) is 0 Å². The number of carboxylic acid groups (broad SMARTS) is 2. The van der Waals surface area contributed by atoms with E-state index in [1.54, 1.807) is 0 Å². The van der Waals surface area contributed by atoms with E-state index in [1.165, 1.54) is 43.9 Å². The molecule has 1 saturated heterocycles. The molecule has 8 nitrogen and oxygen atoms in total. The summed E-state index contributed by atoms with van der Waals surface area (Å²) in [7, 11) is 0. The van der Waals surface area contributed by atoms with Gasteiger partial charge in [-0.2, -0.15) is 0 Å². The highest BCUT2D eigenvalue weighted by Gasteiger charge is 2.19. The number of hydrogen-bond donors (Lipinski definition) is 5. The summed E-state index contributed by atoms with van der Waals surface area (Å²) in [4.78, 5) is 31.0. The van der Waals surface area contributed by atoms with Crippen molar-refractivity contribution in [2.75, 3.05) is 18.4 Å². The number of rotatable bonds is 10. The first-order chi connectivity index (χ1) is 14.7. The van der Waals surface area contributed by atoms with Crippen molar-refractivity contribution >= 4 is 23.5 Å². The van der Waals surface area contributed by atoms with Gasteiger partial charge < -0.3 is 26.2 Å². The fraction of sp³-hybridized carbons (Fsp3) is 0.609. The number of aliphatic carboxylic acids is 2. The molecule has 8 heteroatoms. The summed E-state index contributed by atoms with van der Waals surface area (Å²) in [5.74, 6) is -2.04. The molecule has 0 bridgehead atoms. The number of carbonyl (C=O) groups is 3. The van der Waals surface area contributed by atoms with Crippen LogP contribution >= 0.6 is 0 Å². The van der Waals surface area contributed by atoms with Crippen molar-refractivity contribution in [1.29, 1.82) is 0 Å². The molecule has 1 aromatic carbocycles. The summed E-state index contributed by atoms with van der Waals surface area (Å²) >= 11 is 0. The summed E-state index contributed by atoms with van der Waals surface area (Å²) in [6.07, 6.45) is 4.77. The smallest absolute Gasteiger partial charge is 0.326 e. The molecule has 1 fully saturated rings. The van der Waals surface area contributed by atoms with E-state index in [1.807, 2.05) is 0 Å². The molecular weight excluding hydrogens is 398 g/mol. The number of carbonyl (C=O) groups excluding carboxylic acids is 1. The normalized spacial score (nSPS) is 16.6. The number of para-hydroxylation sites is 1. The van der Waals surface area contributed by atoms with Gasteiger partial charge in [-0.05, 0) is 49.8 Å². The second kappa shape index (κ2) is 14.4. The summed E-state index contributed by atoms with van der Waals surface area (Å²) in [6, 6.07) is 8.19. The minimum atomic E-state index is -1.23. The molecule has 0 unspecified atom stereocenters. The van der Waals surface area contributed by atoms with Crippen molar-refractivity contribution in [3.8, 4) is 0 Å². The molecule has 0 aliphatic carbocycles. The Balaban J connectivity index is 0.000000330. The van der Waals surface area contributed by atoms with E-state index in [9.17, 15) is 14.4 Å². The summed E-state index contributed by atoms with van der Waals surface area (Å²) in [5.41, 5.74) is 2.76. The zero-order valence-corrected chi connectivity index (χ0v) is 18.8. The second-order valence-corrected chi connectivity index (χ2v) is 8.22. The molecule has 5 N–H and O–H groups in total. The van der Waals surface area contributed by atoms with Crippen molar-refractivity contribution in [3.05, 3.63) is 29.8 Å². The molecule has 2 atom stereocenters. The lowest BCUT2D eigenvalue weighted by atomic mass is 9.96. The minimum Gasteiger partial charge on any atom is -0.481 e. The Morgan fingerprint density at radius 2 is 1.84 bits per heavy atom. The van der Waals surface area contributed by atoms with Crippen LogP contribution in [0.5, 0.6) is 0 Å². The number of carboxylic acids is 2. The second-order valence-electron chi connectivity index (χ2n) is 8.22. The molecule has 0 saturated carbocycles. The lowest BCUT2D eigenvalue weighted by Gasteiger charge is -2.26. The van der Waals surface area contributed by atoms with Gasteiger partial charge in [0.05, 0.1) is 0 Å². The summed E-state index contributed by atoms with van der Waals surface area (Å²) in [6.45, 7) is 7.95. The van der Waals surface area contributed by atoms with Crippen LogP contribution in [0.3, 0.4) is 0 Å². The predicted molar refractivity (Wildman–Crippen MR) is 121 cm³/mol. The molecule has 1 aromatic rings. The quantitative estimate of drug-likeness (QED) is 0.381. The van der Waals surface area contributed by atoms with Crippen LogP contribution in [0.4, 0.5) is 5.69 Å². The minimum absolute atomic E-state index is 0.107. The summed E-state index contributed by atoms with van der Waals surface area (Å²) < 4.78 is 0. The van der Waals surface area contributed by atoms with E-state index >= 15 is 0 Å². The molecule has 2 rings (SSSR count). The SMILES string of the molecule is CC(=O)N[C@@H](CCC(=O)O)C(=O)O.CC(C)CCNc1ccccc1[C@@H]1CCCCN1. The number of hydrogen-bond acceptors (Lipinski definition) is 5. The monoisotopic (exact) mass is 435 g/mol. The zero-order valence-electron chi connectivity index (χ0n) is 18.8. The third-order valence-electron chi connectivity index (χ3n) is 5.01. The Bertz CT molecular complexity index is 702. The molecule has 174 valence electrons. The molecule has 31 heavy (non-hydrogen) atoms. The number of amides is 1. The maximum atomic E-state index is 10.5. The van der Waals surface area contributed by atoms with Gasteiger partial charge in [0.15, 0.2) is 0 Å². The fourth-order valence-corrected chi connectivity index (χ4v) is 3.35. The first-order valence-electron chi connectivity index (χ1n) is 11.0. The van der Waals surface area contributed by atoms with Crippen LogP contribution in [-0.4, -0.2) is 47.2 Å². The van der Waals surface area contributed by atoms with E-state index < -0.39 is 23.9 Å². The first-order valence-corrected chi connectivity index (χ1v) is 11.0. The van der Waals surface area contributed by atoms with E-state index in [0.717, 1.165) is 19.0 Å². The lowest BCUT2D eigenvalue weighted by molar-refractivity contribution is -0.142. The van der Waals surface area contributed by atoms with E-state index in [0.29, 0.717) is 6.04 Å². The Hall–Kier alpha value is -2.61. The summed E-state index contributed by atoms with van der Waals surface area (Å²) in [5, 5.41) is 26.2. The van der Waals surface area contributed by atoms with Crippen LogP contribution in [0.1, 0.15) is 70.9 Å². The number of anilines is 1. The maximum Gasteiger partial charge on any atom is 0.326 e.